The van der Waals surface area contributed by atoms with Crippen LogP contribution >= 0.6 is 0 Å². The minimum absolute atomic E-state index is 0.0251. The molecular weight excluding hydrogens is 124 g/mol. The van der Waals surface area contributed by atoms with E-state index in [1.807, 2.05) is 20.8 Å². The largest absolute Gasteiger partial charge is 0.294 e. The summed E-state index contributed by atoms with van der Waals surface area (Å²) >= 11 is 0. The molecule has 0 spiro atoms. The Balaban J connectivity index is 2.59. The third-order valence-electron chi connectivity index (χ3n) is 2.01. The molecule has 0 radical (unpaired) electrons. The highest BCUT2D eigenvalue weighted by Crippen LogP contribution is 2.46. The van der Waals surface area contributed by atoms with Gasteiger partial charge in [0.2, 0.25) is 0 Å². The van der Waals surface area contributed by atoms with Crippen molar-refractivity contribution in [1.82, 2.24) is 0 Å². The van der Waals surface area contributed by atoms with Gasteiger partial charge in [0.05, 0.1) is 0 Å². The van der Waals surface area contributed by atoms with Crippen molar-refractivity contribution in [1.29, 1.82) is 0 Å². The van der Waals surface area contributed by atoms with E-state index in [2.05, 4.69) is 0 Å². The first kappa shape index (κ1) is 7.52. The summed E-state index contributed by atoms with van der Waals surface area (Å²) in [6.07, 6.45) is 3.91. The number of carbonyl (C=O) groups is 1. The van der Waals surface area contributed by atoms with Crippen molar-refractivity contribution in [3.8, 4) is 0 Å². The average Bonchev–Trinajstić information content (AvgIpc) is 2.47. The topological polar surface area (TPSA) is 17.1 Å². The first-order valence-corrected chi connectivity index (χ1v) is 3.74. The van der Waals surface area contributed by atoms with Gasteiger partial charge in [-0.05, 0) is 32.8 Å². The average molecular weight is 138 g/mol. The minimum atomic E-state index is 0.0251. The molecular formula is C9H14O. The van der Waals surface area contributed by atoms with E-state index < -0.39 is 0 Å². The van der Waals surface area contributed by atoms with E-state index in [-0.39, 0.29) is 5.41 Å². The standard InChI is InChI=1S/C9H14O/c1-7(2)6-8(10)9(3)4-5-9/h6H,4-5H2,1-3H3. The molecule has 0 atom stereocenters. The molecule has 0 aromatic rings. The summed E-state index contributed by atoms with van der Waals surface area (Å²) in [5.41, 5.74) is 1.13. The summed E-state index contributed by atoms with van der Waals surface area (Å²) in [6.45, 7) is 5.96. The molecule has 0 saturated heterocycles. The van der Waals surface area contributed by atoms with Gasteiger partial charge >= 0.3 is 0 Å². The van der Waals surface area contributed by atoms with E-state index in [1.54, 1.807) is 6.08 Å². The fraction of sp³-hybridized carbons (Fsp3) is 0.667. The van der Waals surface area contributed by atoms with Crippen LogP contribution in [-0.2, 0) is 4.79 Å². The molecule has 1 nitrogen and oxygen atoms in total. The molecule has 0 N–H and O–H groups in total. The van der Waals surface area contributed by atoms with Gasteiger partial charge in [-0.3, -0.25) is 4.79 Å². The van der Waals surface area contributed by atoms with E-state index in [0.717, 1.165) is 18.4 Å². The summed E-state index contributed by atoms with van der Waals surface area (Å²) in [7, 11) is 0. The third kappa shape index (κ3) is 1.47. The lowest BCUT2D eigenvalue weighted by atomic mass is 10.0. The van der Waals surface area contributed by atoms with Crippen molar-refractivity contribution >= 4 is 5.78 Å². The molecule has 0 aliphatic heterocycles. The van der Waals surface area contributed by atoms with Crippen molar-refractivity contribution < 1.29 is 4.79 Å². The summed E-state index contributed by atoms with van der Waals surface area (Å²) in [4.78, 5) is 11.3. The van der Waals surface area contributed by atoms with Gasteiger partial charge in [0.25, 0.3) is 0 Å². The fourth-order valence-electron chi connectivity index (χ4n) is 0.870. The molecule has 1 saturated carbocycles. The van der Waals surface area contributed by atoms with E-state index in [9.17, 15) is 4.79 Å². The normalized spacial score (nSPS) is 19.9. The molecule has 1 heteroatoms. The van der Waals surface area contributed by atoms with E-state index in [1.165, 1.54) is 0 Å². The van der Waals surface area contributed by atoms with Crippen LogP contribution < -0.4 is 0 Å². The molecule has 0 aromatic carbocycles. The fourth-order valence-corrected chi connectivity index (χ4v) is 0.870. The second kappa shape index (κ2) is 2.22. The molecule has 1 rings (SSSR count). The van der Waals surface area contributed by atoms with Gasteiger partial charge in [0.15, 0.2) is 5.78 Å². The maximum Gasteiger partial charge on any atom is 0.161 e. The number of hydrogen-bond acceptors (Lipinski definition) is 1. The van der Waals surface area contributed by atoms with Crippen LogP contribution in [0, 0.1) is 5.41 Å². The van der Waals surface area contributed by atoms with Crippen LogP contribution in [0.25, 0.3) is 0 Å². The van der Waals surface area contributed by atoms with Crippen molar-refractivity contribution in [2.75, 3.05) is 0 Å². The molecule has 0 bridgehead atoms. The molecule has 0 aromatic heterocycles. The zero-order valence-corrected chi connectivity index (χ0v) is 6.90. The smallest absolute Gasteiger partial charge is 0.161 e. The van der Waals surface area contributed by atoms with Crippen LogP contribution in [0.4, 0.5) is 0 Å². The zero-order chi connectivity index (χ0) is 7.78. The number of hydrogen-bond donors (Lipinski definition) is 0. The minimum Gasteiger partial charge on any atom is -0.294 e. The van der Waals surface area contributed by atoms with E-state index >= 15 is 0 Å². The van der Waals surface area contributed by atoms with Gasteiger partial charge in [-0.1, -0.05) is 12.5 Å². The van der Waals surface area contributed by atoms with Gasteiger partial charge in [-0.15, -0.1) is 0 Å². The highest BCUT2D eigenvalue weighted by Gasteiger charge is 2.43. The summed E-state index contributed by atoms with van der Waals surface area (Å²) in [5, 5.41) is 0. The Morgan fingerprint density at radius 3 is 2.20 bits per heavy atom. The lowest BCUT2D eigenvalue weighted by Gasteiger charge is -2.00. The van der Waals surface area contributed by atoms with E-state index in [0.29, 0.717) is 5.78 Å². The number of allylic oxidation sites excluding steroid dienone is 2. The second-order valence-electron chi connectivity index (χ2n) is 3.65. The Labute approximate surface area is 62.1 Å². The summed E-state index contributed by atoms with van der Waals surface area (Å²) < 4.78 is 0. The van der Waals surface area contributed by atoms with Gasteiger partial charge < -0.3 is 0 Å². The lowest BCUT2D eigenvalue weighted by molar-refractivity contribution is -0.118. The third-order valence-corrected chi connectivity index (χ3v) is 2.01. The van der Waals surface area contributed by atoms with Gasteiger partial charge in [-0.25, -0.2) is 0 Å². The van der Waals surface area contributed by atoms with Gasteiger partial charge in [0.1, 0.15) is 0 Å². The highest BCUT2D eigenvalue weighted by molar-refractivity contribution is 5.96. The molecule has 0 unspecified atom stereocenters. The molecule has 10 heavy (non-hydrogen) atoms. The molecule has 0 heterocycles. The van der Waals surface area contributed by atoms with Crippen LogP contribution in [0.3, 0.4) is 0 Å². The number of ketones is 1. The van der Waals surface area contributed by atoms with Crippen molar-refractivity contribution in [2.45, 2.75) is 33.6 Å². The SMILES string of the molecule is CC(C)=CC(=O)C1(C)CC1. The molecule has 1 aliphatic rings. The highest BCUT2D eigenvalue weighted by atomic mass is 16.1. The van der Waals surface area contributed by atoms with Crippen LogP contribution in [0.2, 0.25) is 0 Å². The number of rotatable bonds is 2. The lowest BCUT2D eigenvalue weighted by Crippen LogP contribution is -2.07. The van der Waals surface area contributed by atoms with E-state index in [4.69, 9.17) is 0 Å². The Hall–Kier alpha value is -0.590. The Morgan fingerprint density at radius 1 is 1.40 bits per heavy atom. The van der Waals surface area contributed by atoms with Gasteiger partial charge in [-0.2, -0.15) is 0 Å². The van der Waals surface area contributed by atoms with Crippen molar-refractivity contribution in [3.05, 3.63) is 11.6 Å². The second-order valence-corrected chi connectivity index (χ2v) is 3.65. The first-order valence-electron chi connectivity index (χ1n) is 3.74. The summed E-state index contributed by atoms with van der Waals surface area (Å²) in [5.74, 6) is 0.313. The Kier molecular flexibility index (Phi) is 1.67. The van der Waals surface area contributed by atoms with Gasteiger partial charge in [0, 0.05) is 5.41 Å². The van der Waals surface area contributed by atoms with Crippen molar-refractivity contribution in [3.63, 3.8) is 0 Å². The molecule has 56 valence electrons. The maximum atomic E-state index is 11.3. The predicted octanol–water partition coefficient (Wildman–Crippen LogP) is 2.32. The first-order chi connectivity index (χ1) is 4.54. The Morgan fingerprint density at radius 2 is 1.90 bits per heavy atom. The van der Waals surface area contributed by atoms with Crippen LogP contribution in [0.15, 0.2) is 11.6 Å². The monoisotopic (exact) mass is 138 g/mol. The quantitative estimate of drug-likeness (QED) is 0.535. The molecule has 1 fully saturated rings. The van der Waals surface area contributed by atoms with Crippen LogP contribution in [0.1, 0.15) is 33.6 Å². The van der Waals surface area contributed by atoms with Crippen LogP contribution in [0.5, 0.6) is 0 Å². The predicted molar refractivity (Wildman–Crippen MR) is 41.8 cm³/mol. The van der Waals surface area contributed by atoms with Crippen molar-refractivity contribution in [2.24, 2.45) is 5.41 Å². The maximum absolute atomic E-state index is 11.3. The number of carbonyl (C=O) groups excluding carboxylic acids is 1. The molecule has 0 amide bonds. The zero-order valence-electron chi connectivity index (χ0n) is 6.90. The summed E-state index contributed by atoms with van der Waals surface area (Å²) in [6, 6.07) is 0. The Bertz CT molecular complexity index is 181. The molecule has 1 aliphatic carbocycles. The van der Waals surface area contributed by atoms with Crippen LogP contribution in [-0.4, -0.2) is 5.78 Å².